The number of ether oxygens (including phenoxy) is 1. The van der Waals surface area contributed by atoms with E-state index >= 15 is 0 Å². The molecule has 7 heteroatoms. The van der Waals surface area contributed by atoms with Gasteiger partial charge in [-0.3, -0.25) is 0 Å². The zero-order valence-electron chi connectivity index (χ0n) is 9.84. The highest BCUT2D eigenvalue weighted by Gasteiger charge is 2.37. The van der Waals surface area contributed by atoms with Gasteiger partial charge >= 0.3 is 0 Å². The third-order valence-corrected chi connectivity index (χ3v) is 5.03. The van der Waals surface area contributed by atoms with Gasteiger partial charge in [-0.15, -0.1) is 0 Å². The van der Waals surface area contributed by atoms with Gasteiger partial charge in [0.25, 0.3) is 0 Å². The van der Waals surface area contributed by atoms with Gasteiger partial charge in [0.1, 0.15) is 10.6 Å². The van der Waals surface area contributed by atoms with Gasteiger partial charge in [-0.1, -0.05) is 11.6 Å². The van der Waals surface area contributed by atoms with Crippen LogP contribution in [0.4, 0.5) is 0 Å². The molecule has 0 spiro atoms. The quantitative estimate of drug-likeness (QED) is 0.897. The molecule has 0 unspecified atom stereocenters. The van der Waals surface area contributed by atoms with Gasteiger partial charge in [0, 0.05) is 36.7 Å². The summed E-state index contributed by atoms with van der Waals surface area (Å²) in [6, 6.07) is 4.42. The molecule has 1 saturated heterocycles. The molecule has 1 N–H and O–H groups in total. The van der Waals surface area contributed by atoms with E-state index in [9.17, 15) is 8.42 Å². The molecule has 1 aliphatic heterocycles. The minimum Gasteiger partial charge on any atom is -0.495 e. The summed E-state index contributed by atoms with van der Waals surface area (Å²) in [7, 11) is -2.17. The van der Waals surface area contributed by atoms with Crippen LogP contribution in [0, 0.1) is 5.92 Å². The average Bonchev–Trinajstić information content (AvgIpc) is 2.26. The molecule has 18 heavy (non-hydrogen) atoms. The fourth-order valence-electron chi connectivity index (χ4n) is 1.83. The smallest absolute Gasteiger partial charge is 0.246 e. The van der Waals surface area contributed by atoms with Crippen molar-refractivity contribution in [1.29, 1.82) is 0 Å². The normalized spacial score (nSPS) is 17.5. The number of rotatable bonds is 4. The number of halogens is 1. The number of nitrogens with zero attached hydrogens (tertiary/aromatic N) is 1. The lowest BCUT2D eigenvalue weighted by Gasteiger charge is -2.37. The molecule has 100 valence electrons. The lowest BCUT2D eigenvalue weighted by Crippen LogP contribution is -2.51. The second-order valence-electron chi connectivity index (χ2n) is 4.17. The topological polar surface area (TPSA) is 66.8 Å². The van der Waals surface area contributed by atoms with Gasteiger partial charge in [-0.05, 0) is 12.1 Å². The number of benzene rings is 1. The maximum atomic E-state index is 12.3. The first-order chi connectivity index (χ1) is 8.48. The second-order valence-corrected chi connectivity index (χ2v) is 6.51. The minimum absolute atomic E-state index is 0.00374. The predicted octanol–water partition coefficient (Wildman–Crippen LogP) is 0.961. The van der Waals surface area contributed by atoms with E-state index in [1.54, 1.807) is 0 Å². The maximum absolute atomic E-state index is 12.3. The summed E-state index contributed by atoms with van der Waals surface area (Å²) >= 11 is 5.80. The lowest BCUT2D eigenvalue weighted by molar-refractivity contribution is 0.117. The van der Waals surface area contributed by atoms with Crippen molar-refractivity contribution in [3.8, 4) is 5.75 Å². The number of methoxy groups -OCH3 is 1. The monoisotopic (exact) mass is 291 g/mol. The standard InChI is InChI=1S/C11H14ClNO4S/c1-17-10-4-9(12)2-3-11(10)18(15,16)13-5-8(6-13)7-14/h2-4,8,14H,5-7H2,1H3. The molecular weight excluding hydrogens is 278 g/mol. The zero-order chi connectivity index (χ0) is 13.3. The van der Waals surface area contributed by atoms with E-state index in [0.717, 1.165) is 0 Å². The van der Waals surface area contributed by atoms with Crippen molar-refractivity contribution in [1.82, 2.24) is 4.31 Å². The Labute approximate surface area is 111 Å². The van der Waals surface area contributed by atoms with Crippen LogP contribution in [0.15, 0.2) is 23.1 Å². The van der Waals surface area contributed by atoms with E-state index < -0.39 is 10.0 Å². The van der Waals surface area contributed by atoms with Crippen LogP contribution < -0.4 is 4.74 Å². The number of aliphatic hydroxyl groups excluding tert-OH is 1. The van der Waals surface area contributed by atoms with Gasteiger partial charge in [0.05, 0.1) is 7.11 Å². The van der Waals surface area contributed by atoms with E-state index in [-0.39, 0.29) is 23.2 Å². The molecular formula is C11H14ClNO4S. The summed E-state index contributed by atoms with van der Waals surface area (Å²) < 4.78 is 30.9. The summed E-state index contributed by atoms with van der Waals surface area (Å²) in [5.74, 6) is 0.257. The molecule has 1 heterocycles. The first kappa shape index (κ1) is 13.6. The third kappa shape index (κ3) is 2.33. The summed E-state index contributed by atoms with van der Waals surface area (Å²) in [5.41, 5.74) is 0. The summed E-state index contributed by atoms with van der Waals surface area (Å²) in [6.07, 6.45) is 0. The van der Waals surface area contributed by atoms with Crippen LogP contribution in [0.3, 0.4) is 0 Å². The molecule has 0 atom stereocenters. The number of hydrogen-bond acceptors (Lipinski definition) is 4. The Kier molecular flexibility index (Phi) is 3.82. The molecule has 1 aromatic rings. The summed E-state index contributed by atoms with van der Waals surface area (Å²) in [6.45, 7) is 0.680. The molecule has 0 bridgehead atoms. The Bertz CT molecular complexity index is 540. The molecule has 0 saturated carbocycles. The number of hydrogen-bond donors (Lipinski definition) is 1. The van der Waals surface area contributed by atoms with Gasteiger partial charge < -0.3 is 9.84 Å². The molecule has 1 aliphatic rings. The van der Waals surface area contributed by atoms with Crippen molar-refractivity contribution < 1.29 is 18.3 Å². The fraction of sp³-hybridized carbons (Fsp3) is 0.455. The van der Waals surface area contributed by atoms with E-state index in [4.69, 9.17) is 21.4 Å². The summed E-state index contributed by atoms with van der Waals surface area (Å²) in [4.78, 5) is 0.103. The van der Waals surface area contributed by atoms with E-state index in [2.05, 4.69) is 0 Å². The van der Waals surface area contributed by atoms with Gasteiger partial charge in [0.2, 0.25) is 10.0 Å². The van der Waals surface area contributed by atoms with Crippen LogP contribution >= 0.6 is 11.6 Å². The molecule has 0 aliphatic carbocycles. The van der Waals surface area contributed by atoms with Gasteiger partial charge in [-0.25, -0.2) is 8.42 Å². The van der Waals surface area contributed by atoms with Crippen LogP contribution in [0.2, 0.25) is 5.02 Å². The van der Waals surface area contributed by atoms with Crippen LogP contribution in [0.5, 0.6) is 5.75 Å². The average molecular weight is 292 g/mol. The van der Waals surface area contributed by atoms with Crippen LogP contribution in [0.1, 0.15) is 0 Å². The highest BCUT2D eigenvalue weighted by atomic mass is 35.5. The van der Waals surface area contributed by atoms with Gasteiger partial charge in [-0.2, -0.15) is 4.31 Å². The van der Waals surface area contributed by atoms with E-state index in [1.165, 1.54) is 29.6 Å². The van der Waals surface area contributed by atoms with Crippen molar-refractivity contribution in [2.75, 3.05) is 26.8 Å². The highest BCUT2D eigenvalue weighted by molar-refractivity contribution is 7.89. The largest absolute Gasteiger partial charge is 0.495 e. The highest BCUT2D eigenvalue weighted by Crippen LogP contribution is 2.32. The van der Waals surface area contributed by atoms with Crippen LogP contribution in [0.25, 0.3) is 0 Å². The van der Waals surface area contributed by atoms with E-state index in [1.807, 2.05) is 0 Å². The van der Waals surface area contributed by atoms with Crippen molar-refractivity contribution in [3.63, 3.8) is 0 Å². The van der Waals surface area contributed by atoms with E-state index in [0.29, 0.717) is 18.1 Å². The van der Waals surface area contributed by atoms with Crippen molar-refractivity contribution in [3.05, 3.63) is 23.2 Å². The van der Waals surface area contributed by atoms with Crippen molar-refractivity contribution in [2.24, 2.45) is 5.92 Å². The first-order valence-electron chi connectivity index (χ1n) is 5.43. The SMILES string of the molecule is COc1cc(Cl)ccc1S(=O)(=O)N1CC(CO)C1. The molecule has 0 aromatic heterocycles. The predicted molar refractivity (Wildman–Crippen MR) is 67.3 cm³/mol. The Morgan fingerprint density at radius 3 is 2.72 bits per heavy atom. The Morgan fingerprint density at radius 1 is 1.50 bits per heavy atom. The molecule has 2 rings (SSSR count). The molecule has 0 amide bonds. The van der Waals surface area contributed by atoms with Gasteiger partial charge in [0.15, 0.2) is 0 Å². The first-order valence-corrected chi connectivity index (χ1v) is 7.25. The molecule has 1 aromatic carbocycles. The van der Waals surface area contributed by atoms with Crippen LogP contribution in [-0.2, 0) is 10.0 Å². The zero-order valence-corrected chi connectivity index (χ0v) is 11.4. The second kappa shape index (κ2) is 5.05. The molecule has 1 fully saturated rings. The number of aliphatic hydroxyl groups is 1. The van der Waals surface area contributed by atoms with Crippen molar-refractivity contribution >= 4 is 21.6 Å². The Hall–Kier alpha value is -0.820. The Morgan fingerprint density at radius 2 is 2.17 bits per heavy atom. The fourth-order valence-corrected chi connectivity index (χ4v) is 3.72. The lowest BCUT2D eigenvalue weighted by atomic mass is 10.1. The minimum atomic E-state index is -3.57. The third-order valence-electron chi connectivity index (χ3n) is 2.93. The maximum Gasteiger partial charge on any atom is 0.246 e. The van der Waals surface area contributed by atoms with Crippen LogP contribution in [-0.4, -0.2) is 44.6 Å². The number of sulfonamides is 1. The molecule has 0 radical (unpaired) electrons. The molecule has 5 nitrogen and oxygen atoms in total. The summed E-state index contributed by atoms with van der Waals surface area (Å²) in [5, 5.41) is 9.33. The Balaban J connectivity index is 2.31. The van der Waals surface area contributed by atoms with Crippen molar-refractivity contribution in [2.45, 2.75) is 4.90 Å².